The van der Waals surface area contributed by atoms with Crippen LogP contribution in [-0.4, -0.2) is 0 Å². The first-order valence-corrected chi connectivity index (χ1v) is 6.45. The molecule has 0 N–H and O–H groups in total. The van der Waals surface area contributed by atoms with Gasteiger partial charge >= 0.3 is 0 Å². The molecule has 0 aromatic heterocycles. The van der Waals surface area contributed by atoms with E-state index in [1.807, 2.05) is 0 Å². The second-order valence-corrected chi connectivity index (χ2v) is 7.00. The molecule has 4 unspecified atom stereocenters. The van der Waals surface area contributed by atoms with E-state index in [-0.39, 0.29) is 0 Å². The van der Waals surface area contributed by atoms with Gasteiger partial charge in [0.2, 0.25) is 0 Å². The molecule has 0 bridgehead atoms. The van der Waals surface area contributed by atoms with Crippen LogP contribution in [0.1, 0.15) is 19.3 Å². The van der Waals surface area contributed by atoms with E-state index >= 15 is 0 Å². The minimum atomic E-state index is 1.27. The van der Waals surface area contributed by atoms with E-state index in [1.54, 1.807) is 19.3 Å². The van der Waals surface area contributed by atoms with Gasteiger partial charge < -0.3 is 0 Å². The lowest BCUT2D eigenvalue weighted by Crippen LogP contribution is -2.21. The molecule has 0 heteroatoms. The van der Waals surface area contributed by atoms with Crippen LogP contribution in [0.2, 0.25) is 0 Å². The van der Waals surface area contributed by atoms with E-state index in [1.165, 1.54) is 59.2 Å². The van der Waals surface area contributed by atoms with Crippen molar-refractivity contribution in [3.05, 3.63) is 0 Å². The maximum absolute atomic E-state index is 1.67. The van der Waals surface area contributed by atoms with Crippen LogP contribution in [0, 0.1) is 59.2 Å². The molecule has 0 aliphatic heterocycles. The molecule has 0 radical (unpaired) electrons. The normalized spacial score (nSPS) is 88.6. The maximum Gasteiger partial charge on any atom is -0.0313 e. The fourth-order valence-electron chi connectivity index (χ4n) is 6.80. The van der Waals surface area contributed by atoms with Crippen LogP contribution in [0.4, 0.5) is 0 Å². The Kier molecular flexibility index (Phi) is 0.593. The molecule has 13 heavy (non-hydrogen) atoms. The minimum absolute atomic E-state index is 1.27. The van der Waals surface area contributed by atoms with E-state index in [0.29, 0.717) is 0 Å². The molecular weight excluding hydrogens is 156 g/mol. The molecule has 0 nitrogen and oxygen atoms in total. The molecule has 0 spiro atoms. The van der Waals surface area contributed by atoms with Crippen molar-refractivity contribution in [2.45, 2.75) is 19.3 Å². The molecule has 6 aliphatic carbocycles. The van der Waals surface area contributed by atoms with Crippen molar-refractivity contribution in [2.75, 3.05) is 0 Å². The monoisotopic (exact) mass is 172 g/mol. The third-order valence-electron chi connectivity index (χ3n) is 6.97. The number of hydrogen-bond donors (Lipinski definition) is 0. The van der Waals surface area contributed by atoms with Gasteiger partial charge in [-0.2, -0.15) is 0 Å². The summed E-state index contributed by atoms with van der Waals surface area (Å²) in [5.74, 6) is 12.8. The van der Waals surface area contributed by atoms with E-state index in [4.69, 9.17) is 0 Å². The van der Waals surface area contributed by atoms with Crippen molar-refractivity contribution >= 4 is 0 Å². The lowest BCUT2D eigenvalue weighted by Gasteiger charge is -2.25. The second kappa shape index (κ2) is 1.33. The molecule has 10 atom stereocenters. The van der Waals surface area contributed by atoms with E-state index < -0.39 is 0 Å². The van der Waals surface area contributed by atoms with Crippen molar-refractivity contribution < 1.29 is 0 Å². The molecule has 0 amide bonds. The SMILES string of the molecule is C1[C@@H]2C3C4C([C@H]12)[C@@H]1C[C@H]1C4[C@@H]1C[C@@H]31. The largest absolute Gasteiger partial charge is 0.0465 e. The molecule has 0 aromatic carbocycles. The first-order valence-electron chi connectivity index (χ1n) is 6.45. The Morgan fingerprint density at radius 2 is 0.692 bits per heavy atom. The van der Waals surface area contributed by atoms with Gasteiger partial charge in [0, 0.05) is 0 Å². The molecule has 68 valence electrons. The summed E-state index contributed by atoms with van der Waals surface area (Å²) in [4.78, 5) is 0. The maximum atomic E-state index is 1.67. The quantitative estimate of drug-likeness (QED) is 0.526. The summed E-state index contributed by atoms with van der Waals surface area (Å²) < 4.78 is 0. The van der Waals surface area contributed by atoms with Crippen LogP contribution < -0.4 is 0 Å². The van der Waals surface area contributed by atoms with E-state index in [0.717, 1.165) is 0 Å². The van der Waals surface area contributed by atoms with E-state index in [2.05, 4.69) is 0 Å². The predicted molar refractivity (Wildman–Crippen MR) is 48.8 cm³/mol. The van der Waals surface area contributed by atoms with Crippen molar-refractivity contribution in [2.24, 2.45) is 59.2 Å². The van der Waals surface area contributed by atoms with Crippen molar-refractivity contribution in [3.8, 4) is 0 Å². The third kappa shape index (κ3) is 0.412. The summed E-state index contributed by atoms with van der Waals surface area (Å²) in [6.45, 7) is 0. The smallest absolute Gasteiger partial charge is 0.0313 e. The van der Waals surface area contributed by atoms with Crippen LogP contribution in [0.15, 0.2) is 0 Å². The van der Waals surface area contributed by atoms with Crippen molar-refractivity contribution in [1.29, 1.82) is 0 Å². The van der Waals surface area contributed by atoms with Gasteiger partial charge in [-0.15, -0.1) is 0 Å². The third-order valence-corrected chi connectivity index (χ3v) is 6.97. The predicted octanol–water partition coefficient (Wildman–Crippen LogP) is 2.40. The van der Waals surface area contributed by atoms with Gasteiger partial charge in [0.1, 0.15) is 0 Å². The fraction of sp³-hybridized carbons (Fsp3) is 1.00. The minimum Gasteiger partial charge on any atom is -0.0465 e. The van der Waals surface area contributed by atoms with Crippen LogP contribution in [0.5, 0.6) is 0 Å². The second-order valence-electron chi connectivity index (χ2n) is 7.00. The summed E-state index contributed by atoms with van der Waals surface area (Å²) in [7, 11) is 0. The Morgan fingerprint density at radius 1 is 0.385 bits per heavy atom. The topological polar surface area (TPSA) is 0 Å². The molecule has 0 heterocycles. The highest BCUT2D eigenvalue weighted by atomic mass is 14.9. The fourth-order valence-corrected chi connectivity index (χ4v) is 6.80. The zero-order valence-electron chi connectivity index (χ0n) is 7.89. The average Bonchev–Trinajstić information content (AvgIpc) is 3.06. The Hall–Kier alpha value is 0. The summed E-state index contributed by atoms with van der Waals surface area (Å²) >= 11 is 0. The summed E-state index contributed by atoms with van der Waals surface area (Å²) in [6.07, 6.45) is 5.01. The highest BCUT2D eigenvalue weighted by Crippen LogP contribution is 2.86. The Labute approximate surface area is 79.1 Å². The van der Waals surface area contributed by atoms with Gasteiger partial charge in [-0.25, -0.2) is 0 Å². The van der Waals surface area contributed by atoms with Crippen molar-refractivity contribution in [1.82, 2.24) is 0 Å². The molecule has 0 saturated heterocycles. The highest BCUT2D eigenvalue weighted by molar-refractivity contribution is 5.28. The van der Waals surface area contributed by atoms with Crippen LogP contribution in [0.3, 0.4) is 0 Å². The van der Waals surface area contributed by atoms with Gasteiger partial charge in [-0.3, -0.25) is 0 Å². The zero-order chi connectivity index (χ0) is 7.89. The average molecular weight is 172 g/mol. The molecule has 6 saturated carbocycles. The Morgan fingerprint density at radius 3 is 1.00 bits per heavy atom. The van der Waals surface area contributed by atoms with Gasteiger partial charge in [0.25, 0.3) is 0 Å². The van der Waals surface area contributed by atoms with Crippen LogP contribution in [-0.2, 0) is 0 Å². The zero-order valence-corrected chi connectivity index (χ0v) is 7.89. The number of hydrogen-bond acceptors (Lipinski definition) is 0. The Bertz CT molecular complexity index is 257. The lowest BCUT2D eigenvalue weighted by atomic mass is 9.80. The van der Waals surface area contributed by atoms with Gasteiger partial charge in [-0.1, -0.05) is 0 Å². The summed E-state index contributed by atoms with van der Waals surface area (Å²) in [5.41, 5.74) is 0. The first-order chi connectivity index (χ1) is 6.45. The standard InChI is InChI=1S/C13H16/c1-4-5(1)11-7-3-9(7)12-8-2-6(8)10(4)13(11)12/h4-13H,1-3H2/t4-,5-,6-,7-,8-,9+,10?,11?,12?,13?/m1/s1. The summed E-state index contributed by atoms with van der Waals surface area (Å²) in [6, 6.07) is 0. The number of rotatable bonds is 0. The molecule has 6 aliphatic rings. The molecule has 0 aromatic rings. The van der Waals surface area contributed by atoms with Gasteiger partial charge in [0.15, 0.2) is 0 Å². The highest BCUT2D eigenvalue weighted by Gasteiger charge is 2.81. The first kappa shape index (κ1) is 5.78. The van der Waals surface area contributed by atoms with Crippen LogP contribution >= 0.6 is 0 Å². The van der Waals surface area contributed by atoms with Gasteiger partial charge in [-0.05, 0) is 78.4 Å². The molecule has 6 fully saturated rings. The van der Waals surface area contributed by atoms with Crippen LogP contribution in [0.25, 0.3) is 0 Å². The van der Waals surface area contributed by atoms with Crippen molar-refractivity contribution in [3.63, 3.8) is 0 Å². The number of fused-ring (bicyclic) bond motifs is 9. The molecule has 6 rings (SSSR count). The molecular formula is C13H16. The Balaban J connectivity index is 1.64. The van der Waals surface area contributed by atoms with E-state index in [9.17, 15) is 0 Å². The summed E-state index contributed by atoms with van der Waals surface area (Å²) in [5, 5.41) is 0. The lowest BCUT2D eigenvalue weighted by molar-refractivity contribution is 0.222. The van der Waals surface area contributed by atoms with Gasteiger partial charge in [0.05, 0.1) is 0 Å².